The summed E-state index contributed by atoms with van der Waals surface area (Å²) in [6, 6.07) is 3.19. The molecule has 0 atom stereocenters. The molecule has 0 spiro atoms. The lowest BCUT2D eigenvalue weighted by Gasteiger charge is -2.32. The summed E-state index contributed by atoms with van der Waals surface area (Å²) < 4.78 is 29.8. The molecule has 0 bridgehead atoms. The van der Waals surface area contributed by atoms with Crippen molar-refractivity contribution in [2.24, 2.45) is 4.99 Å². The van der Waals surface area contributed by atoms with Crippen LogP contribution in [0.25, 0.3) is 0 Å². The molecule has 0 aliphatic carbocycles. The zero-order valence-electron chi connectivity index (χ0n) is 18.1. The number of guanidine groups is 1. The number of hydrogen-bond acceptors (Lipinski definition) is 5. The van der Waals surface area contributed by atoms with Crippen LogP contribution in [0.4, 0.5) is 9.18 Å². The maximum Gasteiger partial charge on any atom is 0.409 e. The molecule has 2 N–H and O–H groups in total. The van der Waals surface area contributed by atoms with Gasteiger partial charge in [-0.2, -0.15) is 0 Å². The van der Waals surface area contributed by atoms with Gasteiger partial charge in [-0.15, -0.1) is 24.0 Å². The third-order valence-electron chi connectivity index (χ3n) is 5.11. The number of carbonyl (C=O) groups excluding carboxylic acids is 1. The smallest absolute Gasteiger partial charge is 0.409 e. The van der Waals surface area contributed by atoms with E-state index in [4.69, 9.17) is 14.2 Å². The van der Waals surface area contributed by atoms with E-state index in [2.05, 4.69) is 15.6 Å². The molecule has 31 heavy (non-hydrogen) atoms. The highest BCUT2D eigenvalue weighted by Crippen LogP contribution is 2.29. The van der Waals surface area contributed by atoms with Crippen LogP contribution in [0.5, 0.6) is 5.75 Å². The molecule has 0 radical (unpaired) electrons. The third-order valence-corrected chi connectivity index (χ3v) is 5.11. The molecular weight excluding hydrogens is 518 g/mol. The van der Waals surface area contributed by atoms with Crippen molar-refractivity contribution in [1.29, 1.82) is 0 Å². The van der Waals surface area contributed by atoms with Gasteiger partial charge in [0.1, 0.15) is 11.6 Å². The molecular formula is C21H32FIN4O4. The van der Waals surface area contributed by atoms with Crippen molar-refractivity contribution in [2.45, 2.75) is 45.8 Å². The number of fused-ring (bicyclic) bond motifs is 1. The Balaban J connectivity index is 0.00000341. The zero-order valence-corrected chi connectivity index (χ0v) is 20.4. The number of hydrogen-bond donors (Lipinski definition) is 2. The highest BCUT2D eigenvalue weighted by molar-refractivity contribution is 14.0. The first kappa shape index (κ1) is 25.4. The topological polar surface area (TPSA) is 84.4 Å². The van der Waals surface area contributed by atoms with E-state index in [1.807, 2.05) is 13.8 Å². The number of halogens is 2. The van der Waals surface area contributed by atoms with Gasteiger partial charge in [-0.25, -0.2) is 9.18 Å². The van der Waals surface area contributed by atoms with E-state index in [0.717, 1.165) is 36.5 Å². The molecule has 3 rings (SSSR count). The van der Waals surface area contributed by atoms with Gasteiger partial charge in [0.05, 0.1) is 13.2 Å². The van der Waals surface area contributed by atoms with Crippen molar-refractivity contribution in [3.63, 3.8) is 0 Å². The number of nitrogens with zero attached hydrogens (tertiary/aromatic N) is 2. The van der Waals surface area contributed by atoms with Crippen LogP contribution in [0.15, 0.2) is 17.1 Å². The number of carbonyl (C=O) groups is 1. The van der Waals surface area contributed by atoms with E-state index < -0.39 is 0 Å². The first-order valence-corrected chi connectivity index (χ1v) is 10.6. The van der Waals surface area contributed by atoms with Crippen LogP contribution in [-0.2, 0) is 22.5 Å². The molecule has 8 nitrogen and oxygen atoms in total. The maximum absolute atomic E-state index is 13.9. The molecule has 1 amide bonds. The Kier molecular flexibility index (Phi) is 10.6. The lowest BCUT2D eigenvalue weighted by Crippen LogP contribution is -2.50. The average Bonchev–Trinajstić information content (AvgIpc) is 2.74. The standard InChI is InChI=1S/C21H31FN4O4.HI/c1-3-23-20(25-18-6-9-26(10-7-18)21(27)29-4-2)24-8-5-15-11-17(22)12-16-13-28-14-30-19(15)16;/h11-12,18H,3-10,13-14H2,1-2H3,(H2,23,24,25);1H. The molecule has 1 aromatic rings. The normalized spacial score (nSPS) is 16.6. The minimum atomic E-state index is -0.291. The Morgan fingerprint density at radius 1 is 1.32 bits per heavy atom. The molecule has 0 saturated carbocycles. The average molecular weight is 550 g/mol. The summed E-state index contributed by atoms with van der Waals surface area (Å²) >= 11 is 0. The lowest BCUT2D eigenvalue weighted by molar-refractivity contribution is -0.0172. The maximum atomic E-state index is 13.9. The van der Waals surface area contributed by atoms with Gasteiger partial charge in [-0.1, -0.05) is 0 Å². The number of amides is 1. The summed E-state index contributed by atoms with van der Waals surface area (Å²) in [5.41, 5.74) is 1.54. The minimum Gasteiger partial charge on any atom is -0.467 e. The van der Waals surface area contributed by atoms with Gasteiger partial charge in [0, 0.05) is 37.8 Å². The van der Waals surface area contributed by atoms with E-state index >= 15 is 0 Å². The van der Waals surface area contributed by atoms with Gasteiger partial charge >= 0.3 is 6.09 Å². The third kappa shape index (κ3) is 7.37. The van der Waals surface area contributed by atoms with Crippen LogP contribution in [-0.4, -0.2) is 62.6 Å². The van der Waals surface area contributed by atoms with Crippen LogP contribution in [0, 0.1) is 5.82 Å². The van der Waals surface area contributed by atoms with Gasteiger partial charge in [-0.05, 0) is 50.8 Å². The van der Waals surface area contributed by atoms with Crippen LogP contribution < -0.4 is 15.4 Å². The molecule has 1 fully saturated rings. The SMILES string of the molecule is CCNC(=NCCc1cc(F)cc2c1OCOC2)NC1CCN(C(=O)OCC)CC1.I. The van der Waals surface area contributed by atoms with Gasteiger partial charge in [0.15, 0.2) is 12.8 Å². The molecule has 10 heteroatoms. The van der Waals surface area contributed by atoms with E-state index in [1.54, 1.807) is 4.90 Å². The van der Waals surface area contributed by atoms with E-state index in [9.17, 15) is 9.18 Å². The van der Waals surface area contributed by atoms with Crippen molar-refractivity contribution in [3.8, 4) is 5.75 Å². The quantitative estimate of drug-likeness (QED) is 0.322. The van der Waals surface area contributed by atoms with Crippen LogP contribution >= 0.6 is 24.0 Å². The number of aliphatic imine (C=N–C) groups is 1. The van der Waals surface area contributed by atoms with Gasteiger partial charge < -0.3 is 29.7 Å². The second-order valence-electron chi connectivity index (χ2n) is 7.28. The molecule has 2 heterocycles. The monoisotopic (exact) mass is 550 g/mol. The molecule has 0 aromatic heterocycles. The lowest BCUT2D eigenvalue weighted by atomic mass is 10.1. The molecule has 174 valence electrons. The first-order chi connectivity index (χ1) is 14.6. The van der Waals surface area contributed by atoms with E-state index in [0.29, 0.717) is 45.0 Å². The Morgan fingerprint density at radius 2 is 2.10 bits per heavy atom. The van der Waals surface area contributed by atoms with Gasteiger partial charge in [0.25, 0.3) is 0 Å². The second-order valence-corrected chi connectivity index (χ2v) is 7.28. The minimum absolute atomic E-state index is 0. The Morgan fingerprint density at radius 3 is 2.81 bits per heavy atom. The fourth-order valence-electron chi connectivity index (χ4n) is 3.67. The van der Waals surface area contributed by atoms with Gasteiger partial charge in [-0.3, -0.25) is 4.99 Å². The predicted molar refractivity (Wildman–Crippen MR) is 127 cm³/mol. The molecule has 2 aliphatic heterocycles. The number of ether oxygens (including phenoxy) is 3. The van der Waals surface area contributed by atoms with Crippen molar-refractivity contribution in [3.05, 3.63) is 29.1 Å². The van der Waals surface area contributed by atoms with Crippen molar-refractivity contribution < 1.29 is 23.4 Å². The molecule has 2 aliphatic rings. The van der Waals surface area contributed by atoms with Crippen LogP contribution in [0.3, 0.4) is 0 Å². The molecule has 1 aromatic carbocycles. The zero-order chi connectivity index (χ0) is 21.3. The Labute approximate surface area is 199 Å². The predicted octanol–water partition coefficient (Wildman–Crippen LogP) is 3.03. The first-order valence-electron chi connectivity index (χ1n) is 10.6. The largest absolute Gasteiger partial charge is 0.467 e. The highest BCUT2D eigenvalue weighted by Gasteiger charge is 2.24. The summed E-state index contributed by atoms with van der Waals surface area (Å²) in [6.07, 6.45) is 1.98. The molecule has 1 saturated heterocycles. The fourth-order valence-corrected chi connectivity index (χ4v) is 3.67. The Hall–Kier alpha value is -1.82. The second kappa shape index (κ2) is 12.9. The number of likely N-dealkylation sites (tertiary alicyclic amines) is 1. The molecule has 0 unspecified atom stereocenters. The summed E-state index contributed by atoms with van der Waals surface area (Å²) in [5.74, 6) is 1.14. The van der Waals surface area contributed by atoms with E-state index in [1.165, 1.54) is 12.1 Å². The van der Waals surface area contributed by atoms with Crippen molar-refractivity contribution >= 4 is 36.0 Å². The number of nitrogens with one attached hydrogen (secondary N) is 2. The van der Waals surface area contributed by atoms with Crippen molar-refractivity contribution in [2.75, 3.05) is 39.6 Å². The highest BCUT2D eigenvalue weighted by atomic mass is 127. The number of piperidine rings is 1. The number of rotatable bonds is 6. The van der Waals surface area contributed by atoms with Crippen LogP contribution in [0.1, 0.15) is 37.8 Å². The van der Waals surface area contributed by atoms with E-state index in [-0.39, 0.29) is 48.7 Å². The van der Waals surface area contributed by atoms with Crippen LogP contribution in [0.2, 0.25) is 0 Å². The Bertz CT molecular complexity index is 757. The fraction of sp³-hybridized carbons (Fsp3) is 0.619. The summed E-state index contributed by atoms with van der Waals surface area (Å²) in [5, 5.41) is 6.70. The summed E-state index contributed by atoms with van der Waals surface area (Å²) in [4.78, 5) is 18.2. The summed E-state index contributed by atoms with van der Waals surface area (Å²) in [6.45, 7) is 7.31. The van der Waals surface area contributed by atoms with Crippen molar-refractivity contribution in [1.82, 2.24) is 15.5 Å². The van der Waals surface area contributed by atoms with Gasteiger partial charge in [0.2, 0.25) is 0 Å². The number of benzene rings is 1. The summed E-state index contributed by atoms with van der Waals surface area (Å²) in [7, 11) is 0.